The maximum absolute atomic E-state index is 11.8. The molecule has 0 spiro atoms. The molecule has 124 valence electrons. The zero-order valence-corrected chi connectivity index (χ0v) is 14.4. The third kappa shape index (κ3) is 7.31. The van der Waals surface area contributed by atoms with Crippen molar-refractivity contribution in [1.82, 2.24) is 10.6 Å². The Morgan fingerprint density at radius 1 is 1.18 bits per heavy atom. The zero-order valence-electron chi connectivity index (χ0n) is 14.4. The molecule has 5 heteroatoms. The first-order chi connectivity index (χ1) is 10.1. The second-order valence-corrected chi connectivity index (χ2v) is 6.97. The maximum Gasteiger partial charge on any atom is 0.408 e. The second kappa shape index (κ2) is 7.49. The summed E-state index contributed by atoms with van der Waals surface area (Å²) in [4.78, 5) is 11.8. The van der Waals surface area contributed by atoms with Gasteiger partial charge < -0.3 is 20.1 Å². The van der Waals surface area contributed by atoms with Crippen LogP contribution in [0.15, 0.2) is 24.3 Å². The Kier molecular flexibility index (Phi) is 6.23. The van der Waals surface area contributed by atoms with Crippen LogP contribution in [0.1, 0.15) is 40.2 Å². The quantitative estimate of drug-likeness (QED) is 0.848. The van der Waals surface area contributed by atoms with Gasteiger partial charge in [-0.2, -0.15) is 0 Å². The molecule has 1 aromatic rings. The van der Waals surface area contributed by atoms with Crippen molar-refractivity contribution >= 4 is 6.09 Å². The lowest BCUT2D eigenvalue weighted by Gasteiger charge is -2.29. The molecule has 0 fully saturated rings. The number of hydrogen-bond donors (Lipinski definition) is 2. The van der Waals surface area contributed by atoms with Gasteiger partial charge in [0.1, 0.15) is 11.4 Å². The lowest BCUT2D eigenvalue weighted by molar-refractivity contribution is 0.0472. The van der Waals surface area contributed by atoms with Crippen LogP contribution in [-0.2, 0) is 11.3 Å². The van der Waals surface area contributed by atoms with E-state index in [2.05, 4.69) is 10.6 Å². The van der Waals surface area contributed by atoms with Crippen LogP contribution < -0.4 is 15.4 Å². The molecule has 0 aliphatic carbocycles. The van der Waals surface area contributed by atoms with Crippen molar-refractivity contribution < 1.29 is 14.3 Å². The lowest BCUT2D eigenvalue weighted by Crippen LogP contribution is -2.51. The number of carbonyl (C=O) groups is 1. The van der Waals surface area contributed by atoms with Crippen molar-refractivity contribution in [3.8, 4) is 5.75 Å². The van der Waals surface area contributed by atoms with E-state index in [-0.39, 0.29) is 0 Å². The van der Waals surface area contributed by atoms with Crippen LogP contribution in [0.2, 0.25) is 0 Å². The molecule has 0 bridgehead atoms. The summed E-state index contributed by atoms with van der Waals surface area (Å²) in [7, 11) is 1.65. The summed E-state index contributed by atoms with van der Waals surface area (Å²) in [6.45, 7) is 10.8. The number of methoxy groups -OCH3 is 1. The highest BCUT2D eigenvalue weighted by molar-refractivity contribution is 5.68. The zero-order chi connectivity index (χ0) is 16.8. The fourth-order valence-electron chi connectivity index (χ4n) is 1.93. The molecule has 0 saturated carbocycles. The van der Waals surface area contributed by atoms with Crippen molar-refractivity contribution in [2.45, 2.75) is 52.3 Å². The fourth-order valence-corrected chi connectivity index (χ4v) is 1.93. The van der Waals surface area contributed by atoms with Crippen molar-refractivity contribution in [3.05, 3.63) is 29.8 Å². The largest absolute Gasteiger partial charge is 0.497 e. The molecular weight excluding hydrogens is 280 g/mol. The lowest BCUT2D eigenvalue weighted by atomic mass is 10.1. The maximum atomic E-state index is 11.8. The number of rotatable bonds is 6. The molecule has 0 atom stereocenters. The molecule has 2 N–H and O–H groups in total. The molecule has 5 nitrogen and oxygen atoms in total. The van der Waals surface area contributed by atoms with Crippen LogP contribution in [0.5, 0.6) is 5.75 Å². The Bertz CT molecular complexity index is 493. The molecular formula is C17H28N2O3. The first-order valence-electron chi connectivity index (χ1n) is 7.46. The van der Waals surface area contributed by atoms with E-state index in [0.29, 0.717) is 13.1 Å². The second-order valence-electron chi connectivity index (χ2n) is 6.97. The van der Waals surface area contributed by atoms with Gasteiger partial charge in [-0.15, -0.1) is 0 Å². The smallest absolute Gasteiger partial charge is 0.408 e. The van der Waals surface area contributed by atoms with Gasteiger partial charge in [-0.25, -0.2) is 4.79 Å². The van der Waals surface area contributed by atoms with Gasteiger partial charge in [-0.3, -0.25) is 0 Å². The van der Waals surface area contributed by atoms with Gasteiger partial charge in [0.25, 0.3) is 0 Å². The average Bonchev–Trinajstić information content (AvgIpc) is 2.35. The first kappa shape index (κ1) is 18.3. The number of ether oxygens (including phenoxy) is 2. The predicted molar refractivity (Wildman–Crippen MR) is 88.1 cm³/mol. The SMILES string of the molecule is COc1cccc(CNCC(C)(C)NC(=O)OC(C)(C)C)c1. The molecule has 0 aliphatic rings. The molecule has 1 rings (SSSR count). The Labute approximate surface area is 133 Å². The van der Waals surface area contributed by atoms with Gasteiger partial charge in [0.15, 0.2) is 0 Å². The number of carbonyl (C=O) groups excluding carboxylic acids is 1. The third-order valence-electron chi connectivity index (χ3n) is 2.87. The number of benzene rings is 1. The van der Waals surface area contributed by atoms with Crippen molar-refractivity contribution in [2.24, 2.45) is 0 Å². The third-order valence-corrected chi connectivity index (χ3v) is 2.87. The fraction of sp³-hybridized carbons (Fsp3) is 0.588. The number of hydrogen-bond acceptors (Lipinski definition) is 4. The van der Waals surface area contributed by atoms with Crippen LogP contribution in [0, 0.1) is 0 Å². The van der Waals surface area contributed by atoms with Gasteiger partial charge in [0.2, 0.25) is 0 Å². The van der Waals surface area contributed by atoms with Crippen LogP contribution in [0.25, 0.3) is 0 Å². The van der Waals surface area contributed by atoms with Crippen LogP contribution in [-0.4, -0.2) is 30.9 Å². The van der Waals surface area contributed by atoms with Gasteiger partial charge in [-0.05, 0) is 52.3 Å². The summed E-state index contributed by atoms with van der Waals surface area (Å²) < 4.78 is 10.5. The highest BCUT2D eigenvalue weighted by atomic mass is 16.6. The van der Waals surface area contributed by atoms with E-state index in [0.717, 1.165) is 11.3 Å². The van der Waals surface area contributed by atoms with E-state index in [1.807, 2.05) is 58.9 Å². The van der Waals surface area contributed by atoms with Gasteiger partial charge in [-0.1, -0.05) is 12.1 Å². The number of amides is 1. The molecule has 0 aromatic heterocycles. The van der Waals surface area contributed by atoms with E-state index < -0.39 is 17.2 Å². The molecule has 0 aliphatic heterocycles. The summed E-state index contributed by atoms with van der Waals surface area (Å²) in [5.74, 6) is 0.838. The van der Waals surface area contributed by atoms with Crippen LogP contribution in [0.4, 0.5) is 4.79 Å². The normalized spacial score (nSPS) is 11.9. The average molecular weight is 308 g/mol. The minimum atomic E-state index is -0.492. The minimum absolute atomic E-state index is 0.402. The van der Waals surface area contributed by atoms with Crippen molar-refractivity contribution in [2.75, 3.05) is 13.7 Å². The predicted octanol–water partition coefficient (Wildman–Crippen LogP) is 3.09. The molecule has 0 heterocycles. The van der Waals surface area contributed by atoms with Crippen molar-refractivity contribution in [3.63, 3.8) is 0 Å². The highest BCUT2D eigenvalue weighted by Gasteiger charge is 2.24. The molecule has 0 radical (unpaired) electrons. The van der Waals surface area contributed by atoms with Gasteiger partial charge in [0, 0.05) is 13.1 Å². The molecule has 0 saturated heterocycles. The van der Waals surface area contributed by atoms with E-state index in [4.69, 9.17) is 9.47 Å². The summed E-state index contributed by atoms with van der Waals surface area (Å²) in [6, 6.07) is 7.89. The number of alkyl carbamates (subject to hydrolysis) is 1. The Morgan fingerprint density at radius 3 is 2.45 bits per heavy atom. The molecule has 1 amide bonds. The van der Waals surface area contributed by atoms with Gasteiger partial charge in [0.05, 0.1) is 12.6 Å². The summed E-state index contributed by atoms with van der Waals surface area (Å²) in [6.07, 6.45) is -0.402. The molecule has 22 heavy (non-hydrogen) atoms. The van der Waals surface area contributed by atoms with E-state index in [1.165, 1.54) is 0 Å². The summed E-state index contributed by atoms with van der Waals surface area (Å²) in [5, 5.41) is 6.21. The molecule has 1 aromatic carbocycles. The standard InChI is InChI=1S/C17H28N2O3/c1-16(2,3)22-15(20)19-17(4,5)12-18-11-13-8-7-9-14(10-13)21-6/h7-10,18H,11-12H2,1-6H3,(H,19,20). The first-order valence-corrected chi connectivity index (χ1v) is 7.46. The summed E-state index contributed by atoms with van der Waals surface area (Å²) in [5.41, 5.74) is 0.238. The van der Waals surface area contributed by atoms with Gasteiger partial charge >= 0.3 is 6.09 Å². The monoisotopic (exact) mass is 308 g/mol. The van der Waals surface area contributed by atoms with Crippen LogP contribution >= 0.6 is 0 Å². The summed E-state index contributed by atoms with van der Waals surface area (Å²) >= 11 is 0. The highest BCUT2D eigenvalue weighted by Crippen LogP contribution is 2.13. The topological polar surface area (TPSA) is 59.6 Å². The number of nitrogens with one attached hydrogen (secondary N) is 2. The van der Waals surface area contributed by atoms with E-state index >= 15 is 0 Å². The van der Waals surface area contributed by atoms with E-state index in [1.54, 1.807) is 7.11 Å². The van der Waals surface area contributed by atoms with E-state index in [9.17, 15) is 4.79 Å². The minimum Gasteiger partial charge on any atom is -0.497 e. The van der Waals surface area contributed by atoms with Crippen LogP contribution in [0.3, 0.4) is 0 Å². The Hall–Kier alpha value is -1.75. The Morgan fingerprint density at radius 2 is 1.86 bits per heavy atom. The molecule has 0 unspecified atom stereocenters. The van der Waals surface area contributed by atoms with Crippen molar-refractivity contribution in [1.29, 1.82) is 0 Å². The Balaban J connectivity index is 2.43.